The largest absolute Gasteiger partial charge is 0.476 e. The molecule has 2 aromatic rings. The van der Waals surface area contributed by atoms with Crippen molar-refractivity contribution in [3.63, 3.8) is 0 Å². The molecule has 0 saturated carbocycles. The lowest BCUT2D eigenvalue weighted by Crippen LogP contribution is -2.34. The molecule has 0 aromatic carbocycles. The summed E-state index contributed by atoms with van der Waals surface area (Å²) in [6.45, 7) is 1.90. The lowest BCUT2D eigenvalue weighted by molar-refractivity contribution is 0.0691. The number of carboxylic acids is 1. The number of rotatable bonds is 5. The standard InChI is InChI=1S/C12H12N2O3S2/c1-7(4-8-2-3-18-5-8)13-10(15)11-14-9(6-19-11)12(16)17/h2-3,5-7H,4H2,1H3,(H,13,15)(H,16,17). The molecule has 19 heavy (non-hydrogen) atoms. The molecule has 0 aliphatic rings. The van der Waals surface area contributed by atoms with Gasteiger partial charge in [-0.3, -0.25) is 4.79 Å². The highest BCUT2D eigenvalue weighted by atomic mass is 32.1. The fourth-order valence-electron chi connectivity index (χ4n) is 1.58. The number of amides is 1. The molecule has 1 atom stereocenters. The van der Waals surface area contributed by atoms with Gasteiger partial charge in [0.25, 0.3) is 5.91 Å². The molecule has 0 spiro atoms. The summed E-state index contributed by atoms with van der Waals surface area (Å²) >= 11 is 2.65. The molecule has 1 amide bonds. The van der Waals surface area contributed by atoms with Gasteiger partial charge in [-0.25, -0.2) is 9.78 Å². The summed E-state index contributed by atoms with van der Waals surface area (Å²) in [4.78, 5) is 26.3. The van der Waals surface area contributed by atoms with E-state index in [1.54, 1.807) is 11.3 Å². The van der Waals surface area contributed by atoms with E-state index in [4.69, 9.17) is 5.11 Å². The fourth-order valence-corrected chi connectivity index (χ4v) is 2.95. The third kappa shape index (κ3) is 3.62. The van der Waals surface area contributed by atoms with Crippen LogP contribution in [0.4, 0.5) is 0 Å². The van der Waals surface area contributed by atoms with Gasteiger partial charge in [-0.05, 0) is 35.7 Å². The number of nitrogens with zero attached hydrogens (tertiary/aromatic N) is 1. The van der Waals surface area contributed by atoms with Crippen molar-refractivity contribution in [3.8, 4) is 0 Å². The average molecular weight is 296 g/mol. The smallest absolute Gasteiger partial charge is 0.355 e. The highest BCUT2D eigenvalue weighted by Gasteiger charge is 2.16. The van der Waals surface area contributed by atoms with Crippen LogP contribution in [0, 0.1) is 0 Å². The van der Waals surface area contributed by atoms with Crippen LogP contribution in [0.25, 0.3) is 0 Å². The number of aromatic nitrogens is 1. The monoisotopic (exact) mass is 296 g/mol. The Morgan fingerprint density at radius 2 is 2.26 bits per heavy atom. The van der Waals surface area contributed by atoms with E-state index in [0.717, 1.165) is 17.8 Å². The minimum Gasteiger partial charge on any atom is -0.476 e. The highest BCUT2D eigenvalue weighted by molar-refractivity contribution is 7.11. The van der Waals surface area contributed by atoms with Crippen LogP contribution in [-0.2, 0) is 6.42 Å². The van der Waals surface area contributed by atoms with Crippen molar-refractivity contribution in [2.24, 2.45) is 0 Å². The molecule has 1 unspecified atom stereocenters. The summed E-state index contributed by atoms with van der Waals surface area (Å²) in [7, 11) is 0. The minimum atomic E-state index is -1.12. The number of thiazole rings is 1. The Morgan fingerprint density at radius 3 is 2.84 bits per heavy atom. The normalized spacial score (nSPS) is 12.1. The Morgan fingerprint density at radius 1 is 1.47 bits per heavy atom. The van der Waals surface area contributed by atoms with E-state index in [1.807, 2.05) is 23.8 Å². The maximum Gasteiger partial charge on any atom is 0.355 e. The zero-order valence-electron chi connectivity index (χ0n) is 10.1. The molecule has 0 saturated heterocycles. The van der Waals surface area contributed by atoms with Gasteiger partial charge in [0.15, 0.2) is 10.7 Å². The van der Waals surface area contributed by atoms with E-state index in [1.165, 1.54) is 10.9 Å². The van der Waals surface area contributed by atoms with E-state index in [9.17, 15) is 9.59 Å². The van der Waals surface area contributed by atoms with Crippen LogP contribution in [0.2, 0.25) is 0 Å². The van der Waals surface area contributed by atoms with E-state index < -0.39 is 5.97 Å². The molecule has 0 aliphatic heterocycles. The molecule has 0 fully saturated rings. The highest BCUT2D eigenvalue weighted by Crippen LogP contribution is 2.11. The molecule has 0 bridgehead atoms. The summed E-state index contributed by atoms with van der Waals surface area (Å²) in [5.41, 5.74) is 1.07. The maximum atomic E-state index is 11.9. The van der Waals surface area contributed by atoms with Crippen molar-refractivity contribution < 1.29 is 14.7 Å². The topological polar surface area (TPSA) is 79.3 Å². The van der Waals surface area contributed by atoms with Crippen molar-refractivity contribution in [2.45, 2.75) is 19.4 Å². The Balaban J connectivity index is 1.94. The zero-order valence-corrected chi connectivity index (χ0v) is 11.8. The molecule has 2 rings (SSSR count). The zero-order chi connectivity index (χ0) is 13.8. The van der Waals surface area contributed by atoms with Gasteiger partial charge in [-0.15, -0.1) is 11.3 Å². The SMILES string of the molecule is CC(Cc1ccsc1)NC(=O)c1nc(C(=O)O)cs1. The number of aromatic carboxylic acids is 1. The number of hydrogen-bond acceptors (Lipinski definition) is 5. The van der Waals surface area contributed by atoms with Gasteiger partial charge >= 0.3 is 5.97 Å². The second kappa shape index (κ2) is 5.94. The number of hydrogen-bond donors (Lipinski definition) is 2. The van der Waals surface area contributed by atoms with Crippen LogP contribution in [0.15, 0.2) is 22.2 Å². The van der Waals surface area contributed by atoms with Gasteiger partial charge in [0.2, 0.25) is 0 Å². The molecule has 0 aliphatic carbocycles. The van der Waals surface area contributed by atoms with Crippen LogP contribution >= 0.6 is 22.7 Å². The molecular weight excluding hydrogens is 284 g/mol. The van der Waals surface area contributed by atoms with Crippen LogP contribution < -0.4 is 5.32 Å². The van der Waals surface area contributed by atoms with Crippen LogP contribution in [0.1, 0.15) is 32.8 Å². The first-order chi connectivity index (χ1) is 9.06. The maximum absolute atomic E-state index is 11.9. The van der Waals surface area contributed by atoms with Gasteiger partial charge in [0.05, 0.1) is 0 Å². The first-order valence-corrected chi connectivity index (χ1v) is 7.39. The number of thiophene rings is 1. The minimum absolute atomic E-state index is 0.0284. The first-order valence-electron chi connectivity index (χ1n) is 5.57. The van der Waals surface area contributed by atoms with Gasteiger partial charge in [0.1, 0.15) is 0 Å². The van der Waals surface area contributed by atoms with Gasteiger partial charge < -0.3 is 10.4 Å². The van der Waals surface area contributed by atoms with Crippen LogP contribution in [0.5, 0.6) is 0 Å². The van der Waals surface area contributed by atoms with Crippen molar-refractivity contribution in [1.82, 2.24) is 10.3 Å². The Labute approximate surface area is 117 Å². The van der Waals surface area contributed by atoms with E-state index in [-0.39, 0.29) is 22.7 Å². The number of carbonyl (C=O) groups is 2. The third-order valence-electron chi connectivity index (χ3n) is 2.42. The molecule has 2 heterocycles. The molecule has 2 N–H and O–H groups in total. The van der Waals surface area contributed by atoms with E-state index >= 15 is 0 Å². The second-order valence-electron chi connectivity index (χ2n) is 4.05. The molecule has 5 nitrogen and oxygen atoms in total. The predicted octanol–water partition coefficient (Wildman–Crippen LogP) is 2.26. The number of nitrogens with one attached hydrogen (secondary N) is 1. The fraction of sp³-hybridized carbons (Fsp3) is 0.250. The third-order valence-corrected chi connectivity index (χ3v) is 3.99. The van der Waals surface area contributed by atoms with Crippen LogP contribution in [0.3, 0.4) is 0 Å². The Kier molecular flexibility index (Phi) is 4.28. The van der Waals surface area contributed by atoms with Gasteiger partial charge in [-0.1, -0.05) is 0 Å². The van der Waals surface area contributed by atoms with E-state index in [0.29, 0.717) is 0 Å². The number of carbonyl (C=O) groups excluding carboxylic acids is 1. The molecule has 7 heteroatoms. The predicted molar refractivity (Wildman–Crippen MR) is 74.0 cm³/mol. The number of carboxylic acid groups (broad SMARTS) is 1. The summed E-state index contributed by atoms with van der Waals surface area (Å²) in [5.74, 6) is -1.46. The molecule has 100 valence electrons. The summed E-state index contributed by atoms with van der Waals surface area (Å²) < 4.78 is 0. The van der Waals surface area contributed by atoms with E-state index in [2.05, 4.69) is 10.3 Å². The van der Waals surface area contributed by atoms with Crippen LogP contribution in [-0.4, -0.2) is 28.0 Å². The van der Waals surface area contributed by atoms with Crippen molar-refractivity contribution in [1.29, 1.82) is 0 Å². The summed E-state index contributed by atoms with van der Waals surface area (Å²) in [6.07, 6.45) is 0.742. The average Bonchev–Trinajstić information content (AvgIpc) is 2.98. The van der Waals surface area contributed by atoms with Crippen molar-refractivity contribution in [3.05, 3.63) is 38.5 Å². The van der Waals surface area contributed by atoms with Crippen molar-refractivity contribution in [2.75, 3.05) is 0 Å². The Hall–Kier alpha value is -1.73. The summed E-state index contributed by atoms with van der Waals surface area (Å²) in [5, 5.41) is 17.1. The summed E-state index contributed by atoms with van der Waals surface area (Å²) in [6, 6.07) is 1.98. The second-order valence-corrected chi connectivity index (χ2v) is 5.69. The molecule has 2 aromatic heterocycles. The quantitative estimate of drug-likeness (QED) is 0.887. The van der Waals surface area contributed by atoms with Gasteiger partial charge in [0, 0.05) is 11.4 Å². The molecule has 0 radical (unpaired) electrons. The first kappa shape index (κ1) is 13.7. The van der Waals surface area contributed by atoms with Gasteiger partial charge in [-0.2, -0.15) is 11.3 Å². The lowest BCUT2D eigenvalue weighted by atomic mass is 10.1. The molecular formula is C12H12N2O3S2. The lowest BCUT2D eigenvalue weighted by Gasteiger charge is -2.11. The van der Waals surface area contributed by atoms with Crippen molar-refractivity contribution >= 4 is 34.6 Å². The Bertz CT molecular complexity index is 578.